The first-order valence-corrected chi connectivity index (χ1v) is 36.5. The lowest BCUT2D eigenvalue weighted by Gasteiger charge is -2.54. The van der Waals surface area contributed by atoms with E-state index in [1.165, 1.54) is 5.56 Å². The summed E-state index contributed by atoms with van der Waals surface area (Å²) < 4.78 is 0. The molecular weight excluding hydrogens is 771 g/mol. The van der Waals surface area contributed by atoms with Crippen molar-refractivity contribution in [2.45, 2.75) is 100 Å². The summed E-state index contributed by atoms with van der Waals surface area (Å²) >= 11 is 67.7. The maximum absolute atomic E-state index is 6.77. The lowest BCUT2D eigenvalue weighted by atomic mass is 9.53. The minimum Gasteiger partial charge on any atom is -0.146 e. The van der Waals surface area contributed by atoms with E-state index in [0.29, 0.717) is 30.2 Å². The van der Waals surface area contributed by atoms with Gasteiger partial charge in [0.1, 0.15) is 0 Å². The Kier molecular flexibility index (Phi) is 16.0. The van der Waals surface area contributed by atoms with E-state index in [1.54, 1.807) is 0 Å². The van der Waals surface area contributed by atoms with Crippen LogP contribution in [0.5, 0.6) is 0 Å². The first-order chi connectivity index (χ1) is 16.9. The number of hydrogen-bond acceptors (Lipinski definition) is 0. The third kappa shape index (κ3) is 15.3. The largest absolute Gasteiger partial charge is 0.248 e. The minimum absolute atomic E-state index is 0.316. The van der Waals surface area contributed by atoms with E-state index in [1.807, 2.05) is 38.8 Å². The Hall–Kier alpha value is 3.20. The van der Waals surface area contributed by atoms with Gasteiger partial charge in [0.2, 0.25) is 33.5 Å². The van der Waals surface area contributed by atoms with Crippen LogP contribution in [-0.2, 0) is 5.41 Å². The van der Waals surface area contributed by atoms with Gasteiger partial charge >= 0.3 is 0 Å². The molecule has 0 amide bonds. The fourth-order valence-corrected chi connectivity index (χ4v) is 12.7. The van der Waals surface area contributed by atoms with Crippen molar-refractivity contribution in [3.63, 3.8) is 0 Å². The van der Waals surface area contributed by atoms with Crippen LogP contribution in [0.25, 0.3) is 0 Å². The van der Waals surface area contributed by atoms with Gasteiger partial charge in [0.05, 0.1) is 0 Å². The van der Waals surface area contributed by atoms with Gasteiger partial charge in [-0.3, -0.25) is 0 Å². The van der Waals surface area contributed by atoms with Gasteiger partial charge in [-0.2, -0.15) is 0 Å². The standard InChI is InChI=1S/C23H40Cl10Si5/c1-34(24,25)16-11-22(12-17-35(2,26)27,13-18-36(3,28)29)23(14-19-37(4,30)31,15-20-38(5,32)33)21-9-7-6-8-10-21/h6-10H,11-20H2,1-5H3. The highest BCUT2D eigenvalue weighted by molar-refractivity contribution is 7.46. The predicted octanol–water partition coefficient (Wildman–Crippen LogP) is 13.6. The van der Waals surface area contributed by atoms with Crippen LogP contribution < -0.4 is 0 Å². The summed E-state index contributed by atoms with van der Waals surface area (Å²) in [5.74, 6) is 0. The third-order valence-electron chi connectivity index (χ3n) is 7.45. The zero-order valence-electron chi connectivity index (χ0n) is 22.7. The molecule has 0 aromatic heterocycles. The van der Waals surface area contributed by atoms with Crippen molar-refractivity contribution in [1.82, 2.24) is 0 Å². The van der Waals surface area contributed by atoms with E-state index in [4.69, 9.17) is 111 Å². The molecule has 1 rings (SSSR count). The molecule has 0 radical (unpaired) electrons. The second-order valence-corrected chi connectivity index (χ2v) is 52.7. The fraction of sp³-hybridized carbons (Fsp3) is 0.739. The molecule has 0 spiro atoms. The van der Waals surface area contributed by atoms with Gasteiger partial charge in [-0.1, -0.05) is 30.3 Å². The fourth-order valence-electron chi connectivity index (χ4n) is 5.34. The van der Waals surface area contributed by atoms with Crippen LogP contribution in [0.3, 0.4) is 0 Å². The Morgan fingerprint density at radius 1 is 0.447 bits per heavy atom. The van der Waals surface area contributed by atoms with Crippen LogP contribution in [0.2, 0.25) is 63.0 Å². The molecule has 0 aliphatic rings. The Balaban J connectivity index is 4.03. The van der Waals surface area contributed by atoms with Gasteiger partial charge < -0.3 is 0 Å². The molecule has 0 heterocycles. The van der Waals surface area contributed by atoms with E-state index < -0.39 is 33.5 Å². The van der Waals surface area contributed by atoms with E-state index in [9.17, 15) is 0 Å². The van der Waals surface area contributed by atoms with Crippen molar-refractivity contribution in [2.24, 2.45) is 5.41 Å². The lowest BCUT2D eigenvalue weighted by molar-refractivity contribution is 0.0819. The number of halogens is 10. The van der Waals surface area contributed by atoms with Crippen LogP contribution in [0, 0.1) is 5.41 Å². The SMILES string of the molecule is C[Si](Cl)(Cl)CCC(CC[Si](C)(Cl)Cl)(CC[Si](C)(Cl)Cl)C(CC[Si](C)(Cl)Cl)(CC[Si](C)(Cl)Cl)c1ccccc1. The van der Waals surface area contributed by atoms with Crippen LogP contribution in [-0.4, -0.2) is 33.5 Å². The Morgan fingerprint density at radius 2 is 0.711 bits per heavy atom. The minimum atomic E-state index is -2.47. The van der Waals surface area contributed by atoms with Crippen LogP contribution in [0.1, 0.15) is 37.7 Å². The Bertz CT molecular complexity index is 776. The van der Waals surface area contributed by atoms with Crippen molar-refractivity contribution >= 4 is 144 Å². The van der Waals surface area contributed by atoms with Gasteiger partial charge in [-0.25, -0.2) is 0 Å². The molecule has 0 saturated heterocycles. The van der Waals surface area contributed by atoms with Gasteiger partial charge in [0, 0.05) is 5.41 Å². The summed E-state index contributed by atoms with van der Waals surface area (Å²) in [6, 6.07) is 14.1. The Labute approximate surface area is 283 Å². The first-order valence-electron chi connectivity index (χ1n) is 12.8. The lowest BCUT2D eigenvalue weighted by Crippen LogP contribution is -2.49. The smallest absolute Gasteiger partial charge is 0.146 e. The average molecular weight is 812 g/mol. The second-order valence-electron chi connectivity index (χ2n) is 11.6. The number of hydrogen-bond donors (Lipinski definition) is 0. The van der Waals surface area contributed by atoms with Crippen molar-refractivity contribution < 1.29 is 0 Å². The van der Waals surface area contributed by atoms with Crippen molar-refractivity contribution in [1.29, 1.82) is 0 Å². The molecule has 0 saturated carbocycles. The third-order valence-corrected chi connectivity index (χ3v) is 18.8. The van der Waals surface area contributed by atoms with E-state index >= 15 is 0 Å². The summed E-state index contributed by atoms with van der Waals surface area (Å²) in [4.78, 5) is 0. The quantitative estimate of drug-likeness (QED) is 0.109. The van der Waals surface area contributed by atoms with Crippen LogP contribution >= 0.6 is 111 Å². The van der Waals surface area contributed by atoms with E-state index in [0.717, 1.165) is 32.1 Å². The zero-order valence-corrected chi connectivity index (χ0v) is 35.3. The number of benzene rings is 1. The maximum Gasteiger partial charge on any atom is 0.248 e. The highest BCUT2D eigenvalue weighted by Gasteiger charge is 2.54. The molecule has 0 aliphatic heterocycles. The monoisotopic (exact) mass is 806 g/mol. The maximum atomic E-state index is 6.77. The molecule has 222 valence electrons. The summed E-state index contributed by atoms with van der Waals surface area (Å²) in [6.45, 7) is -2.49. The van der Waals surface area contributed by atoms with Crippen LogP contribution in [0.4, 0.5) is 0 Å². The molecule has 1 aromatic carbocycles. The molecule has 0 fully saturated rings. The van der Waals surface area contributed by atoms with Gasteiger partial charge in [0.25, 0.3) is 0 Å². The topological polar surface area (TPSA) is 0 Å². The summed E-state index contributed by atoms with van der Waals surface area (Å²) in [6.07, 6.45) is 3.93. The summed E-state index contributed by atoms with van der Waals surface area (Å²) in [5.41, 5.74) is 0.521. The molecule has 0 atom stereocenters. The van der Waals surface area contributed by atoms with Crippen molar-refractivity contribution in [2.75, 3.05) is 0 Å². The molecular formula is C23H40Cl10Si5. The second kappa shape index (κ2) is 15.5. The molecule has 0 N–H and O–H groups in total. The van der Waals surface area contributed by atoms with E-state index in [2.05, 4.69) is 24.3 Å². The summed E-state index contributed by atoms with van der Waals surface area (Å²) in [7, 11) is 0. The Morgan fingerprint density at radius 3 is 0.974 bits per heavy atom. The molecule has 0 aliphatic carbocycles. The van der Waals surface area contributed by atoms with Gasteiger partial charge in [-0.15, -0.1) is 111 Å². The highest BCUT2D eigenvalue weighted by atomic mass is 35.7. The van der Waals surface area contributed by atoms with Crippen LogP contribution in [0.15, 0.2) is 30.3 Å². The van der Waals surface area contributed by atoms with Crippen molar-refractivity contribution in [3.05, 3.63) is 35.9 Å². The average Bonchev–Trinajstić information content (AvgIpc) is 2.71. The molecule has 0 nitrogen and oxygen atoms in total. The number of rotatable bonds is 17. The van der Waals surface area contributed by atoms with Gasteiger partial charge in [-0.05, 0) is 106 Å². The van der Waals surface area contributed by atoms with E-state index in [-0.39, 0.29) is 10.8 Å². The molecule has 0 bridgehead atoms. The van der Waals surface area contributed by atoms with Crippen molar-refractivity contribution in [3.8, 4) is 0 Å². The zero-order chi connectivity index (χ0) is 29.7. The molecule has 0 unspecified atom stereocenters. The molecule has 15 heteroatoms. The normalized spacial score (nSPS) is 14.7. The first kappa shape index (κ1) is 39.2. The molecule has 1 aromatic rings. The predicted molar refractivity (Wildman–Crippen MR) is 194 cm³/mol. The van der Waals surface area contributed by atoms with Gasteiger partial charge in [0.15, 0.2) is 0 Å². The highest BCUT2D eigenvalue weighted by Crippen LogP contribution is 2.60. The molecule has 38 heavy (non-hydrogen) atoms. The summed E-state index contributed by atoms with van der Waals surface area (Å²) in [5, 5.41) is 0.